The van der Waals surface area contributed by atoms with Crippen LogP contribution in [0.4, 0.5) is 0 Å². The summed E-state index contributed by atoms with van der Waals surface area (Å²) in [4.78, 5) is 24.1. The van der Waals surface area contributed by atoms with E-state index in [0.29, 0.717) is 25.3 Å². The van der Waals surface area contributed by atoms with E-state index in [1.807, 2.05) is 5.12 Å². The molecule has 0 spiro atoms. The van der Waals surface area contributed by atoms with Gasteiger partial charge in [0.05, 0.1) is 24.2 Å². The van der Waals surface area contributed by atoms with Crippen molar-refractivity contribution in [1.29, 1.82) is 0 Å². The van der Waals surface area contributed by atoms with E-state index in [-0.39, 0.29) is 36.4 Å². The average molecular weight is 398 g/mol. The number of rotatable bonds is 6. The highest BCUT2D eigenvalue weighted by Crippen LogP contribution is 2.33. The number of aliphatic carboxylic acids is 1. The minimum Gasteiger partial charge on any atom is -0.481 e. The number of carbonyl (C=O) groups excluding carboxylic acids is 1. The zero-order chi connectivity index (χ0) is 20.3. The van der Waals surface area contributed by atoms with Crippen LogP contribution in [-0.2, 0) is 9.59 Å². The van der Waals surface area contributed by atoms with Gasteiger partial charge in [-0.2, -0.15) is 10.7 Å². The van der Waals surface area contributed by atoms with E-state index < -0.39 is 18.0 Å². The first kappa shape index (κ1) is 21.4. The first-order valence-electron chi connectivity index (χ1n) is 10.6. The van der Waals surface area contributed by atoms with E-state index >= 15 is 0 Å². The minimum atomic E-state index is -0.796. The van der Waals surface area contributed by atoms with E-state index in [4.69, 9.17) is 0 Å². The summed E-state index contributed by atoms with van der Waals surface area (Å²) >= 11 is 0. The second-order valence-corrected chi connectivity index (χ2v) is 8.83. The van der Waals surface area contributed by atoms with E-state index in [1.165, 1.54) is 0 Å². The highest BCUT2D eigenvalue weighted by molar-refractivity contribution is 5.78. The molecule has 1 aliphatic heterocycles. The number of hydrogen-bond acceptors (Lipinski definition) is 7. The van der Waals surface area contributed by atoms with Crippen molar-refractivity contribution in [3.8, 4) is 0 Å². The number of carboxylic acids is 1. The molecule has 3 fully saturated rings. The zero-order valence-corrected chi connectivity index (χ0v) is 16.9. The Morgan fingerprint density at radius 3 is 2.61 bits per heavy atom. The van der Waals surface area contributed by atoms with E-state index in [0.717, 1.165) is 25.7 Å². The Hall–Kier alpha value is -1.26. The molecule has 0 bridgehead atoms. The van der Waals surface area contributed by atoms with Crippen LogP contribution in [0.3, 0.4) is 0 Å². The number of carbonyl (C=O) groups is 2. The lowest BCUT2D eigenvalue weighted by molar-refractivity contribution is -0.145. The lowest BCUT2D eigenvalue weighted by Gasteiger charge is -2.37. The van der Waals surface area contributed by atoms with Crippen molar-refractivity contribution in [1.82, 2.24) is 26.8 Å². The molecule has 6 N–H and O–H groups in total. The molecule has 1 heterocycles. The Morgan fingerprint density at radius 1 is 1.18 bits per heavy atom. The van der Waals surface area contributed by atoms with Gasteiger partial charge >= 0.3 is 5.97 Å². The molecule has 3 aliphatic rings. The predicted molar refractivity (Wildman–Crippen MR) is 103 cm³/mol. The van der Waals surface area contributed by atoms with E-state index in [9.17, 15) is 19.8 Å². The van der Waals surface area contributed by atoms with Crippen LogP contribution in [0.2, 0.25) is 0 Å². The maximum Gasteiger partial charge on any atom is 0.306 e. The van der Waals surface area contributed by atoms with Crippen LogP contribution in [0.5, 0.6) is 0 Å². The number of amides is 1. The molecule has 9 heteroatoms. The lowest BCUT2D eigenvalue weighted by Crippen LogP contribution is -2.52. The van der Waals surface area contributed by atoms with E-state index in [1.54, 1.807) is 0 Å². The monoisotopic (exact) mass is 397 g/mol. The number of aliphatic hydroxyl groups is 1. The number of aliphatic hydroxyl groups excluding tert-OH is 1. The number of nitrogens with one attached hydrogen (secondary N) is 4. The van der Waals surface area contributed by atoms with E-state index in [2.05, 4.69) is 35.6 Å². The summed E-state index contributed by atoms with van der Waals surface area (Å²) in [5, 5.41) is 24.7. The van der Waals surface area contributed by atoms with Gasteiger partial charge in [0.25, 0.3) is 0 Å². The third-order valence-electron chi connectivity index (χ3n) is 6.48. The molecule has 1 saturated heterocycles. The first-order chi connectivity index (χ1) is 13.3. The lowest BCUT2D eigenvalue weighted by atomic mass is 9.77. The predicted octanol–water partition coefficient (Wildman–Crippen LogP) is 0.477. The van der Waals surface area contributed by atoms with Crippen molar-refractivity contribution in [2.45, 2.75) is 89.6 Å². The molecule has 0 aromatic heterocycles. The summed E-state index contributed by atoms with van der Waals surface area (Å²) < 4.78 is 0. The Balaban J connectivity index is 1.52. The Labute approximate surface area is 166 Å². The fraction of sp³-hybridized carbons (Fsp3) is 0.895. The van der Waals surface area contributed by atoms with Crippen LogP contribution in [0, 0.1) is 17.8 Å². The van der Waals surface area contributed by atoms with Crippen molar-refractivity contribution in [3.05, 3.63) is 0 Å². The van der Waals surface area contributed by atoms with Crippen molar-refractivity contribution in [2.75, 3.05) is 0 Å². The van der Waals surface area contributed by atoms with Crippen molar-refractivity contribution in [2.24, 2.45) is 17.8 Å². The van der Waals surface area contributed by atoms with Gasteiger partial charge in [-0.05, 0) is 57.8 Å². The standard InChI is InChI=1S/C19H35N5O4/c1-11(2)24-22-18(21-23-24)13-7-8-16(25)15(9-13)20-17(26)10-12-5-3-4-6-14(12)19(27)28/h11-16,18,21-23,25H,3-10H2,1-2H3,(H,20,26)(H,27,28). The molecule has 28 heavy (non-hydrogen) atoms. The number of hydrazine groups is 3. The summed E-state index contributed by atoms with van der Waals surface area (Å²) in [6.07, 6.45) is 5.24. The molecule has 6 atom stereocenters. The van der Waals surface area contributed by atoms with Crippen LogP contribution in [-0.4, -0.2) is 51.6 Å². The number of carboxylic acid groups (broad SMARTS) is 1. The summed E-state index contributed by atoms with van der Waals surface area (Å²) in [6.45, 7) is 4.15. The van der Waals surface area contributed by atoms with Gasteiger partial charge in [0.15, 0.2) is 0 Å². The van der Waals surface area contributed by atoms with Crippen LogP contribution in [0.1, 0.15) is 65.2 Å². The molecular weight excluding hydrogens is 362 g/mol. The van der Waals surface area contributed by atoms with Crippen LogP contribution in [0.25, 0.3) is 0 Å². The second kappa shape index (κ2) is 9.49. The molecular formula is C19H35N5O4. The highest BCUT2D eigenvalue weighted by atomic mass is 16.4. The first-order valence-corrected chi connectivity index (χ1v) is 10.6. The zero-order valence-electron chi connectivity index (χ0n) is 16.9. The molecule has 0 aromatic carbocycles. The smallest absolute Gasteiger partial charge is 0.306 e. The average Bonchev–Trinajstić information content (AvgIpc) is 3.14. The molecule has 3 rings (SSSR count). The number of hydrogen-bond donors (Lipinski definition) is 6. The summed E-state index contributed by atoms with van der Waals surface area (Å²) in [5.41, 5.74) is 9.73. The second-order valence-electron chi connectivity index (χ2n) is 8.83. The molecule has 0 aromatic rings. The molecule has 6 unspecified atom stereocenters. The molecule has 9 nitrogen and oxygen atoms in total. The van der Waals surface area contributed by atoms with Crippen LogP contribution >= 0.6 is 0 Å². The van der Waals surface area contributed by atoms with Crippen molar-refractivity contribution in [3.63, 3.8) is 0 Å². The van der Waals surface area contributed by atoms with Crippen molar-refractivity contribution >= 4 is 11.9 Å². The van der Waals surface area contributed by atoms with Gasteiger partial charge in [-0.3, -0.25) is 9.59 Å². The SMILES string of the molecule is CC(C)N1NNC(C2CCC(O)C(NC(=O)CC3CCCCC3C(=O)O)C2)N1. The third kappa shape index (κ3) is 5.21. The van der Waals surface area contributed by atoms with Gasteiger partial charge in [0.2, 0.25) is 5.91 Å². The summed E-state index contributed by atoms with van der Waals surface area (Å²) in [6, 6.07) is -0.00493. The quantitative estimate of drug-likeness (QED) is 0.382. The van der Waals surface area contributed by atoms with Gasteiger partial charge in [-0.1, -0.05) is 12.8 Å². The summed E-state index contributed by atoms with van der Waals surface area (Å²) in [5.74, 6) is -1.20. The molecule has 1 amide bonds. The topological polar surface area (TPSA) is 126 Å². The highest BCUT2D eigenvalue weighted by Gasteiger charge is 2.38. The minimum absolute atomic E-state index is 0.0454. The Morgan fingerprint density at radius 2 is 1.93 bits per heavy atom. The number of nitrogens with zero attached hydrogens (tertiary/aromatic N) is 1. The molecule has 2 aliphatic carbocycles. The fourth-order valence-electron chi connectivity index (χ4n) is 4.78. The largest absolute Gasteiger partial charge is 0.481 e. The molecule has 2 saturated carbocycles. The van der Waals surface area contributed by atoms with Gasteiger partial charge in [0.1, 0.15) is 0 Å². The molecule has 160 valence electrons. The van der Waals surface area contributed by atoms with Gasteiger partial charge in [-0.15, -0.1) is 0 Å². The maximum atomic E-state index is 12.6. The van der Waals surface area contributed by atoms with Crippen molar-refractivity contribution < 1.29 is 19.8 Å². The van der Waals surface area contributed by atoms with Gasteiger partial charge < -0.3 is 15.5 Å². The third-order valence-corrected chi connectivity index (χ3v) is 6.48. The Kier molecular flexibility index (Phi) is 7.27. The van der Waals surface area contributed by atoms with Crippen LogP contribution < -0.4 is 21.7 Å². The Bertz CT molecular complexity index is 560. The normalized spacial score (nSPS) is 37.1. The molecule has 0 radical (unpaired) electrons. The van der Waals surface area contributed by atoms with Crippen LogP contribution in [0.15, 0.2) is 0 Å². The van der Waals surface area contributed by atoms with Gasteiger partial charge in [0, 0.05) is 12.5 Å². The fourth-order valence-corrected chi connectivity index (χ4v) is 4.78. The summed E-state index contributed by atoms with van der Waals surface area (Å²) in [7, 11) is 0. The van der Waals surface area contributed by atoms with Gasteiger partial charge in [-0.25, -0.2) is 10.9 Å². The maximum absolute atomic E-state index is 12.6.